The molecular formula is C28H33F3Si. The number of allylic oxidation sites excluding steroid dienone is 1. The average molecular weight is 455 g/mol. The lowest BCUT2D eigenvalue weighted by molar-refractivity contribution is 0.446. The Morgan fingerprint density at radius 2 is 1.59 bits per heavy atom. The molecule has 0 N–H and O–H groups in total. The summed E-state index contributed by atoms with van der Waals surface area (Å²) in [5.74, 6) is 2.17. The van der Waals surface area contributed by atoms with Crippen LogP contribution in [0.25, 0.3) is 6.08 Å². The Morgan fingerprint density at radius 3 is 2.25 bits per heavy atom. The Bertz CT molecular complexity index is 922. The maximum Gasteiger partial charge on any atom is 0.194 e. The maximum atomic E-state index is 13.2. The van der Waals surface area contributed by atoms with E-state index in [4.69, 9.17) is 0 Å². The van der Waals surface area contributed by atoms with Gasteiger partial charge in [0.05, 0.1) is 0 Å². The third kappa shape index (κ3) is 7.41. The predicted molar refractivity (Wildman–Crippen MR) is 131 cm³/mol. The van der Waals surface area contributed by atoms with Crippen molar-refractivity contribution < 1.29 is 13.2 Å². The van der Waals surface area contributed by atoms with Gasteiger partial charge < -0.3 is 0 Å². The molecule has 1 saturated heterocycles. The normalized spacial score (nSPS) is 18.5. The highest BCUT2D eigenvalue weighted by molar-refractivity contribution is 6.59. The molecule has 0 nitrogen and oxygen atoms in total. The van der Waals surface area contributed by atoms with Crippen molar-refractivity contribution in [2.24, 2.45) is 0 Å². The van der Waals surface area contributed by atoms with Crippen LogP contribution in [0.4, 0.5) is 13.2 Å². The smallest absolute Gasteiger partial charge is 0.194 e. The number of hydrogen-bond acceptors (Lipinski definition) is 0. The number of halogens is 3. The van der Waals surface area contributed by atoms with E-state index in [2.05, 4.69) is 43.0 Å². The maximum absolute atomic E-state index is 13.2. The summed E-state index contributed by atoms with van der Waals surface area (Å²) in [4.78, 5) is 0. The van der Waals surface area contributed by atoms with Crippen LogP contribution in [0.15, 0.2) is 42.5 Å². The van der Waals surface area contributed by atoms with Gasteiger partial charge in [-0.15, -0.1) is 0 Å². The lowest BCUT2D eigenvalue weighted by Gasteiger charge is -2.28. The van der Waals surface area contributed by atoms with Gasteiger partial charge in [0.1, 0.15) is 0 Å². The molecule has 1 fully saturated rings. The zero-order valence-corrected chi connectivity index (χ0v) is 20.1. The molecule has 170 valence electrons. The van der Waals surface area contributed by atoms with Crippen molar-refractivity contribution >= 4 is 14.9 Å². The van der Waals surface area contributed by atoms with Gasteiger partial charge in [0.25, 0.3) is 0 Å². The van der Waals surface area contributed by atoms with E-state index in [9.17, 15) is 13.2 Å². The molecule has 2 aromatic rings. The van der Waals surface area contributed by atoms with Crippen LogP contribution in [0.3, 0.4) is 0 Å². The topological polar surface area (TPSA) is 0 Å². The van der Waals surface area contributed by atoms with E-state index in [-0.39, 0.29) is 5.56 Å². The highest BCUT2D eigenvalue weighted by Crippen LogP contribution is 2.35. The Labute approximate surface area is 192 Å². The van der Waals surface area contributed by atoms with Crippen molar-refractivity contribution in [3.05, 3.63) is 76.6 Å². The minimum absolute atomic E-state index is 0.113. The van der Waals surface area contributed by atoms with Crippen molar-refractivity contribution in [1.29, 1.82) is 0 Å². The third-order valence-electron chi connectivity index (χ3n) is 6.53. The van der Waals surface area contributed by atoms with Crippen molar-refractivity contribution in [2.45, 2.75) is 75.9 Å². The molecule has 0 spiro atoms. The van der Waals surface area contributed by atoms with Gasteiger partial charge in [-0.1, -0.05) is 93.3 Å². The zero-order chi connectivity index (χ0) is 22.8. The summed E-state index contributed by atoms with van der Waals surface area (Å²) >= 11 is 0. The monoisotopic (exact) mass is 454 g/mol. The van der Waals surface area contributed by atoms with Gasteiger partial charge in [-0.3, -0.25) is 0 Å². The second-order valence-corrected chi connectivity index (χ2v) is 12.4. The van der Waals surface area contributed by atoms with Gasteiger partial charge >= 0.3 is 0 Å². The summed E-state index contributed by atoms with van der Waals surface area (Å²) in [6.07, 6.45) is 13.2. The Morgan fingerprint density at radius 1 is 0.938 bits per heavy atom. The van der Waals surface area contributed by atoms with Crippen LogP contribution in [0, 0.1) is 29.3 Å². The highest BCUT2D eigenvalue weighted by Gasteiger charge is 2.22. The first-order chi connectivity index (χ1) is 15.6. The molecular weight excluding hydrogens is 421 g/mol. The minimum Gasteiger partial charge on any atom is -0.204 e. The molecule has 4 heteroatoms. The molecule has 3 rings (SSSR count). The molecule has 2 aromatic carbocycles. The van der Waals surface area contributed by atoms with Gasteiger partial charge in [-0.05, 0) is 54.2 Å². The number of unbranched alkanes of at least 4 members (excludes halogenated alkanes) is 4. The summed E-state index contributed by atoms with van der Waals surface area (Å²) in [6, 6.07) is 14.9. The summed E-state index contributed by atoms with van der Waals surface area (Å²) in [5, 5.41) is 0. The largest absolute Gasteiger partial charge is 0.204 e. The molecule has 32 heavy (non-hydrogen) atoms. The first-order valence-corrected chi connectivity index (χ1v) is 14.4. The van der Waals surface area contributed by atoms with Crippen LogP contribution < -0.4 is 0 Å². The molecule has 0 atom stereocenters. The fourth-order valence-electron chi connectivity index (χ4n) is 4.59. The molecule has 0 unspecified atom stereocenters. The predicted octanol–water partition coefficient (Wildman–Crippen LogP) is 8.24. The van der Waals surface area contributed by atoms with Gasteiger partial charge in [0.2, 0.25) is 0 Å². The lowest BCUT2D eigenvalue weighted by Crippen LogP contribution is -2.20. The molecule has 0 bridgehead atoms. The van der Waals surface area contributed by atoms with Crippen molar-refractivity contribution in [3.63, 3.8) is 0 Å². The molecule has 0 amide bonds. The van der Waals surface area contributed by atoms with Crippen molar-refractivity contribution in [2.75, 3.05) is 0 Å². The summed E-state index contributed by atoms with van der Waals surface area (Å²) in [5.41, 5.74) is 2.58. The first-order valence-electron chi connectivity index (χ1n) is 12.0. The van der Waals surface area contributed by atoms with E-state index in [1.807, 2.05) is 6.08 Å². The van der Waals surface area contributed by atoms with E-state index in [0.29, 0.717) is 5.92 Å². The zero-order valence-electron chi connectivity index (χ0n) is 19.0. The van der Waals surface area contributed by atoms with Crippen LogP contribution in [-0.4, -0.2) is 8.80 Å². The minimum atomic E-state index is -1.47. The molecule has 0 saturated carbocycles. The quantitative estimate of drug-likeness (QED) is 0.163. The standard InChI is InChI=1S/C28H33F3Si/c1-2-3-4-5-8-17-32-18-15-25(16-19-32)24-13-11-22(12-14-24)9-6-7-10-23-20-26(29)28(31)27(30)21-23/h6,9,11-14,20-21,25,32H,2-5,8,15-19H2,1H3/t25-,32-. The SMILES string of the molecule is CCCCCCC[Si@H]1CC[C@H](c2ccc(C=CC#Cc3cc(F)c(F)c(F)c3)cc2)CC1. The van der Waals surface area contributed by atoms with E-state index in [1.165, 1.54) is 62.6 Å². The Balaban J connectivity index is 1.46. The molecule has 1 heterocycles. The number of hydrogen-bond donors (Lipinski definition) is 0. The average Bonchev–Trinajstić information content (AvgIpc) is 2.81. The summed E-state index contributed by atoms with van der Waals surface area (Å²) in [6.45, 7) is 2.27. The summed E-state index contributed by atoms with van der Waals surface area (Å²) < 4.78 is 39.4. The van der Waals surface area contributed by atoms with Gasteiger partial charge in [0.15, 0.2) is 17.5 Å². The molecule has 0 radical (unpaired) electrons. The van der Waals surface area contributed by atoms with Crippen LogP contribution in [-0.2, 0) is 0 Å². The van der Waals surface area contributed by atoms with Gasteiger partial charge in [-0.25, -0.2) is 13.2 Å². The van der Waals surface area contributed by atoms with E-state index < -0.39 is 26.2 Å². The second kappa shape index (κ2) is 12.7. The lowest BCUT2D eigenvalue weighted by atomic mass is 9.93. The van der Waals surface area contributed by atoms with Crippen LogP contribution in [0.5, 0.6) is 0 Å². The van der Waals surface area contributed by atoms with Gasteiger partial charge in [0, 0.05) is 14.4 Å². The number of benzene rings is 2. The Hall–Kier alpha value is -2.25. The highest BCUT2D eigenvalue weighted by atomic mass is 28.3. The fraction of sp³-hybridized carbons (Fsp3) is 0.429. The fourth-order valence-corrected chi connectivity index (χ4v) is 8.07. The Kier molecular flexibility index (Phi) is 9.68. The van der Waals surface area contributed by atoms with E-state index in [1.54, 1.807) is 12.1 Å². The molecule has 1 aliphatic rings. The molecule has 0 aromatic heterocycles. The van der Waals surface area contributed by atoms with Crippen molar-refractivity contribution in [1.82, 2.24) is 0 Å². The van der Waals surface area contributed by atoms with Crippen LogP contribution in [0.1, 0.15) is 74.5 Å². The van der Waals surface area contributed by atoms with Crippen molar-refractivity contribution in [3.8, 4) is 11.8 Å². The molecule has 0 aliphatic carbocycles. The first kappa shape index (κ1) is 24.4. The molecule has 1 aliphatic heterocycles. The van der Waals surface area contributed by atoms with E-state index in [0.717, 1.165) is 17.7 Å². The third-order valence-corrected chi connectivity index (χ3v) is 10.1. The van der Waals surface area contributed by atoms with Crippen LogP contribution in [0.2, 0.25) is 18.1 Å². The second-order valence-electron chi connectivity index (χ2n) is 8.94. The summed E-state index contributed by atoms with van der Waals surface area (Å²) in [7, 11) is -0.499. The van der Waals surface area contributed by atoms with Crippen LogP contribution >= 0.6 is 0 Å². The van der Waals surface area contributed by atoms with E-state index >= 15 is 0 Å². The number of rotatable bonds is 8. The van der Waals surface area contributed by atoms with Gasteiger partial charge in [-0.2, -0.15) is 0 Å².